The zero-order valence-corrected chi connectivity index (χ0v) is 10.1. The second-order valence-corrected chi connectivity index (χ2v) is 4.89. The smallest absolute Gasteiger partial charge is 0.123 e. The third kappa shape index (κ3) is 2.43. The molecule has 16 heavy (non-hydrogen) atoms. The van der Waals surface area contributed by atoms with Gasteiger partial charge in [-0.05, 0) is 50.9 Å². The molecule has 1 nitrogen and oxygen atoms in total. The highest BCUT2D eigenvalue weighted by atomic mass is 19.1. The first-order valence-electron chi connectivity index (χ1n) is 6.19. The normalized spacial score (nSPS) is 22.6. The van der Waals surface area contributed by atoms with E-state index in [1.54, 1.807) is 12.1 Å². The molecule has 0 amide bonds. The van der Waals surface area contributed by atoms with Crippen molar-refractivity contribution in [2.75, 3.05) is 6.54 Å². The van der Waals surface area contributed by atoms with Crippen LogP contribution in [0.25, 0.3) is 0 Å². The van der Waals surface area contributed by atoms with Gasteiger partial charge in [0.25, 0.3) is 0 Å². The van der Waals surface area contributed by atoms with Gasteiger partial charge in [-0.3, -0.25) is 4.90 Å². The number of piperidine rings is 1. The number of rotatable bonds is 2. The highest BCUT2D eigenvalue weighted by Crippen LogP contribution is 2.32. The van der Waals surface area contributed by atoms with Crippen molar-refractivity contribution >= 4 is 0 Å². The lowest BCUT2D eigenvalue weighted by atomic mass is 9.94. The average molecular weight is 221 g/mol. The van der Waals surface area contributed by atoms with Crippen LogP contribution in [-0.2, 0) is 0 Å². The Hall–Kier alpha value is -0.890. The molecule has 1 aliphatic rings. The van der Waals surface area contributed by atoms with Crippen LogP contribution in [0.4, 0.5) is 4.39 Å². The molecule has 0 aromatic heterocycles. The maximum atomic E-state index is 12.9. The average Bonchev–Trinajstić information content (AvgIpc) is 2.30. The van der Waals surface area contributed by atoms with E-state index in [0.717, 1.165) is 0 Å². The van der Waals surface area contributed by atoms with Crippen LogP contribution in [0.15, 0.2) is 24.3 Å². The van der Waals surface area contributed by atoms with Gasteiger partial charge in [0, 0.05) is 12.1 Å². The Morgan fingerprint density at radius 3 is 2.50 bits per heavy atom. The predicted molar refractivity (Wildman–Crippen MR) is 64.8 cm³/mol. The van der Waals surface area contributed by atoms with E-state index in [1.807, 2.05) is 12.1 Å². The fourth-order valence-electron chi connectivity index (χ4n) is 2.61. The summed E-state index contributed by atoms with van der Waals surface area (Å²) < 4.78 is 12.9. The van der Waals surface area contributed by atoms with Crippen LogP contribution in [0.5, 0.6) is 0 Å². The van der Waals surface area contributed by atoms with Crippen molar-refractivity contribution in [2.24, 2.45) is 0 Å². The second kappa shape index (κ2) is 4.96. The Bertz CT molecular complexity index is 331. The summed E-state index contributed by atoms with van der Waals surface area (Å²) in [6.07, 6.45) is 3.77. The molecule has 1 aliphatic heterocycles. The summed E-state index contributed by atoms with van der Waals surface area (Å²) in [6.45, 7) is 5.64. The quantitative estimate of drug-likeness (QED) is 0.735. The monoisotopic (exact) mass is 221 g/mol. The van der Waals surface area contributed by atoms with Crippen LogP contribution in [0.2, 0.25) is 0 Å². The van der Waals surface area contributed by atoms with Crippen molar-refractivity contribution in [1.29, 1.82) is 0 Å². The maximum absolute atomic E-state index is 12.9. The van der Waals surface area contributed by atoms with Crippen molar-refractivity contribution in [3.63, 3.8) is 0 Å². The van der Waals surface area contributed by atoms with Gasteiger partial charge in [-0.1, -0.05) is 18.6 Å². The number of likely N-dealkylation sites (tertiary alicyclic amines) is 1. The highest BCUT2D eigenvalue weighted by molar-refractivity contribution is 5.20. The second-order valence-electron chi connectivity index (χ2n) is 4.89. The third-order valence-electron chi connectivity index (χ3n) is 3.46. The van der Waals surface area contributed by atoms with Crippen LogP contribution >= 0.6 is 0 Å². The van der Waals surface area contributed by atoms with E-state index in [9.17, 15) is 4.39 Å². The van der Waals surface area contributed by atoms with Gasteiger partial charge < -0.3 is 0 Å². The molecule has 1 fully saturated rings. The van der Waals surface area contributed by atoms with Gasteiger partial charge in [-0.15, -0.1) is 0 Å². The summed E-state index contributed by atoms with van der Waals surface area (Å²) in [5, 5.41) is 0. The molecule has 1 atom stereocenters. The third-order valence-corrected chi connectivity index (χ3v) is 3.46. The summed E-state index contributed by atoms with van der Waals surface area (Å²) in [6, 6.07) is 8.05. The van der Waals surface area contributed by atoms with E-state index in [1.165, 1.54) is 31.4 Å². The van der Waals surface area contributed by atoms with Crippen molar-refractivity contribution in [1.82, 2.24) is 4.90 Å². The van der Waals surface area contributed by atoms with Crippen molar-refractivity contribution in [3.05, 3.63) is 35.6 Å². The van der Waals surface area contributed by atoms with E-state index in [0.29, 0.717) is 12.1 Å². The molecule has 1 aromatic rings. The maximum Gasteiger partial charge on any atom is 0.123 e. The number of hydrogen-bond acceptors (Lipinski definition) is 1. The van der Waals surface area contributed by atoms with E-state index in [-0.39, 0.29) is 5.82 Å². The first-order chi connectivity index (χ1) is 7.68. The zero-order valence-electron chi connectivity index (χ0n) is 10.1. The molecule has 1 unspecified atom stereocenters. The Labute approximate surface area is 97.3 Å². The Morgan fingerprint density at radius 2 is 1.88 bits per heavy atom. The molecular weight excluding hydrogens is 201 g/mol. The summed E-state index contributed by atoms with van der Waals surface area (Å²) in [5.41, 5.74) is 1.26. The molecule has 0 saturated carbocycles. The van der Waals surface area contributed by atoms with Gasteiger partial charge in [-0.2, -0.15) is 0 Å². The number of hydrogen-bond donors (Lipinski definition) is 0. The van der Waals surface area contributed by atoms with Crippen LogP contribution in [-0.4, -0.2) is 17.5 Å². The topological polar surface area (TPSA) is 3.24 Å². The zero-order chi connectivity index (χ0) is 11.5. The van der Waals surface area contributed by atoms with Crippen LogP contribution < -0.4 is 0 Å². The van der Waals surface area contributed by atoms with Crippen LogP contribution in [0, 0.1) is 5.82 Å². The summed E-state index contributed by atoms with van der Waals surface area (Å²) in [4.78, 5) is 2.52. The largest absolute Gasteiger partial charge is 0.294 e. The molecule has 88 valence electrons. The minimum Gasteiger partial charge on any atom is -0.294 e. The van der Waals surface area contributed by atoms with Crippen molar-refractivity contribution < 1.29 is 4.39 Å². The van der Waals surface area contributed by atoms with Crippen molar-refractivity contribution in [3.8, 4) is 0 Å². The standard InChI is InChI=1S/C14H20FN/c1-11(2)16-10-4-3-5-14(16)12-6-8-13(15)9-7-12/h6-9,11,14H,3-5,10H2,1-2H3. The molecule has 0 bridgehead atoms. The van der Waals surface area contributed by atoms with E-state index in [2.05, 4.69) is 18.7 Å². The molecule has 2 rings (SSSR count). The molecule has 0 N–H and O–H groups in total. The number of nitrogens with zero attached hydrogens (tertiary/aromatic N) is 1. The van der Waals surface area contributed by atoms with Gasteiger partial charge in [-0.25, -0.2) is 4.39 Å². The summed E-state index contributed by atoms with van der Waals surface area (Å²) in [5.74, 6) is -0.143. The minimum absolute atomic E-state index is 0.143. The van der Waals surface area contributed by atoms with Gasteiger partial charge in [0.1, 0.15) is 5.82 Å². The van der Waals surface area contributed by atoms with Gasteiger partial charge >= 0.3 is 0 Å². The molecule has 1 heterocycles. The Morgan fingerprint density at radius 1 is 1.19 bits per heavy atom. The SMILES string of the molecule is CC(C)N1CCCCC1c1ccc(F)cc1. The molecular formula is C14H20FN. The van der Waals surface area contributed by atoms with Crippen molar-refractivity contribution in [2.45, 2.75) is 45.2 Å². The van der Waals surface area contributed by atoms with Crippen LogP contribution in [0.3, 0.4) is 0 Å². The summed E-state index contributed by atoms with van der Waals surface area (Å²) in [7, 11) is 0. The lowest BCUT2D eigenvalue weighted by Crippen LogP contribution is -2.38. The summed E-state index contributed by atoms with van der Waals surface area (Å²) >= 11 is 0. The first kappa shape index (κ1) is 11.6. The van der Waals surface area contributed by atoms with Gasteiger partial charge in [0.05, 0.1) is 0 Å². The van der Waals surface area contributed by atoms with E-state index in [4.69, 9.17) is 0 Å². The molecule has 1 saturated heterocycles. The minimum atomic E-state index is -0.143. The molecule has 1 aromatic carbocycles. The Kier molecular flexibility index (Phi) is 3.59. The number of benzene rings is 1. The van der Waals surface area contributed by atoms with E-state index >= 15 is 0 Å². The van der Waals surface area contributed by atoms with Gasteiger partial charge in [0.15, 0.2) is 0 Å². The number of halogens is 1. The predicted octanol–water partition coefficient (Wildman–Crippen LogP) is 3.76. The fourth-order valence-corrected chi connectivity index (χ4v) is 2.61. The van der Waals surface area contributed by atoms with E-state index < -0.39 is 0 Å². The molecule has 0 radical (unpaired) electrons. The highest BCUT2D eigenvalue weighted by Gasteiger charge is 2.25. The Balaban J connectivity index is 2.19. The fraction of sp³-hybridized carbons (Fsp3) is 0.571. The lowest BCUT2D eigenvalue weighted by molar-refractivity contribution is 0.112. The lowest BCUT2D eigenvalue weighted by Gasteiger charge is -2.39. The molecule has 2 heteroatoms. The molecule has 0 spiro atoms. The van der Waals surface area contributed by atoms with Gasteiger partial charge in [0.2, 0.25) is 0 Å². The first-order valence-corrected chi connectivity index (χ1v) is 6.19. The van der Waals surface area contributed by atoms with Crippen LogP contribution in [0.1, 0.15) is 44.7 Å². The molecule has 0 aliphatic carbocycles.